The highest BCUT2D eigenvalue weighted by Gasteiger charge is 2.38. The predicted molar refractivity (Wildman–Crippen MR) is 197 cm³/mol. The second kappa shape index (κ2) is 9.57. The number of aromatic nitrogens is 2. The molecule has 0 aliphatic heterocycles. The van der Waals surface area contributed by atoms with Crippen molar-refractivity contribution in [2.45, 2.75) is 19.3 Å². The highest BCUT2D eigenvalue weighted by Crippen LogP contribution is 2.49. The lowest BCUT2D eigenvalue weighted by molar-refractivity contribution is 0.658. The lowest BCUT2D eigenvalue weighted by Crippen LogP contribution is -2.15. The van der Waals surface area contributed by atoms with E-state index in [0.717, 1.165) is 28.1 Å². The molecule has 2 heteroatoms. The molecule has 0 fully saturated rings. The fourth-order valence-electron chi connectivity index (χ4n) is 8.02. The minimum absolute atomic E-state index is 0.219. The maximum Gasteiger partial charge on any atom is 0.0930 e. The molecular weight excluding hydrogens is 569 g/mol. The van der Waals surface area contributed by atoms with Gasteiger partial charge in [0.15, 0.2) is 0 Å². The summed E-state index contributed by atoms with van der Waals surface area (Å²) >= 11 is 0. The number of hydrogen-bond donors (Lipinski definition) is 0. The molecule has 0 saturated carbocycles. The largest absolute Gasteiger partial charge is 0.254 e. The van der Waals surface area contributed by atoms with Crippen molar-refractivity contribution in [2.24, 2.45) is 0 Å². The lowest BCUT2D eigenvalue weighted by atomic mass is 9.81. The van der Waals surface area contributed by atoms with Crippen molar-refractivity contribution in [1.29, 1.82) is 0 Å². The van der Waals surface area contributed by atoms with Gasteiger partial charge in [0.25, 0.3) is 0 Å². The molecule has 0 radical (unpaired) electrons. The van der Waals surface area contributed by atoms with Crippen LogP contribution in [0.4, 0.5) is 0 Å². The molecule has 2 heterocycles. The SMILES string of the molecule is CC1(C)c2cc(-c3ccc(-c4ccc5ccc6cccc7ccc4c5c67)cc3)cnc2-c2ncc(-c3cccc4ccccc34)cc21. The van der Waals surface area contributed by atoms with Gasteiger partial charge in [-0.3, -0.25) is 9.97 Å². The van der Waals surface area contributed by atoms with Gasteiger partial charge in [-0.2, -0.15) is 0 Å². The number of fused-ring (bicyclic) bond motifs is 4. The van der Waals surface area contributed by atoms with Crippen LogP contribution in [0.5, 0.6) is 0 Å². The number of hydrogen-bond acceptors (Lipinski definition) is 2. The average Bonchev–Trinajstić information content (AvgIpc) is 3.35. The maximum atomic E-state index is 5.03. The number of nitrogens with zero attached hydrogens (tertiary/aromatic N) is 2. The van der Waals surface area contributed by atoms with Gasteiger partial charge < -0.3 is 0 Å². The molecule has 0 N–H and O–H groups in total. The second-order valence-electron chi connectivity index (χ2n) is 13.4. The van der Waals surface area contributed by atoms with Gasteiger partial charge in [-0.15, -0.1) is 0 Å². The summed E-state index contributed by atoms with van der Waals surface area (Å²) in [6.07, 6.45) is 4.02. The Bertz CT molecular complexity index is 2680. The van der Waals surface area contributed by atoms with Crippen LogP contribution in [0.25, 0.3) is 87.9 Å². The van der Waals surface area contributed by atoms with E-state index in [1.54, 1.807) is 0 Å². The van der Waals surface area contributed by atoms with Gasteiger partial charge in [0, 0.05) is 28.9 Å². The Kier molecular flexibility index (Phi) is 5.37. The Hall–Kier alpha value is -5.86. The van der Waals surface area contributed by atoms with E-state index >= 15 is 0 Å². The van der Waals surface area contributed by atoms with Crippen molar-refractivity contribution in [3.63, 3.8) is 0 Å². The van der Waals surface area contributed by atoms with E-state index in [0.29, 0.717) is 0 Å². The van der Waals surface area contributed by atoms with Crippen LogP contribution in [-0.4, -0.2) is 9.97 Å². The molecule has 2 nitrogen and oxygen atoms in total. The minimum atomic E-state index is -0.219. The first-order valence-electron chi connectivity index (χ1n) is 16.3. The van der Waals surface area contributed by atoms with Crippen LogP contribution in [0.15, 0.2) is 146 Å². The van der Waals surface area contributed by atoms with Gasteiger partial charge in [-0.1, -0.05) is 135 Å². The minimum Gasteiger partial charge on any atom is -0.254 e. The van der Waals surface area contributed by atoms with Crippen molar-refractivity contribution in [3.8, 4) is 44.8 Å². The molecule has 2 aromatic heterocycles. The topological polar surface area (TPSA) is 25.8 Å². The molecule has 47 heavy (non-hydrogen) atoms. The van der Waals surface area contributed by atoms with E-state index in [1.165, 1.54) is 70.9 Å². The first kappa shape index (κ1) is 26.4. The normalized spacial score (nSPS) is 13.5. The molecule has 0 unspecified atom stereocenters. The van der Waals surface area contributed by atoms with Crippen molar-refractivity contribution >= 4 is 43.1 Å². The van der Waals surface area contributed by atoms with Crippen molar-refractivity contribution in [3.05, 3.63) is 157 Å². The summed E-state index contributed by atoms with van der Waals surface area (Å²) in [5.74, 6) is 0. The number of benzene rings is 7. The maximum absolute atomic E-state index is 5.03. The van der Waals surface area contributed by atoms with E-state index in [-0.39, 0.29) is 5.41 Å². The molecule has 10 rings (SSSR count). The first-order chi connectivity index (χ1) is 23.0. The molecule has 1 aliphatic rings. The average molecular weight is 599 g/mol. The summed E-state index contributed by atoms with van der Waals surface area (Å²) < 4.78 is 0. The molecular formula is C45H30N2. The smallest absolute Gasteiger partial charge is 0.0930 e. The van der Waals surface area contributed by atoms with Gasteiger partial charge >= 0.3 is 0 Å². The Morgan fingerprint density at radius 1 is 0.404 bits per heavy atom. The zero-order chi connectivity index (χ0) is 31.3. The Morgan fingerprint density at radius 2 is 0.957 bits per heavy atom. The van der Waals surface area contributed by atoms with Crippen molar-refractivity contribution in [1.82, 2.24) is 9.97 Å². The summed E-state index contributed by atoms with van der Waals surface area (Å²) in [5.41, 5.74) is 11.3. The standard InChI is InChI=1S/C45H30N2/c1-45(2)39-23-33(25-46-43(39)44-40(45)24-34(26-47-44)36-12-6-8-28-7-3-4-11-35(28)36)27-13-15-29(16-14-27)37-21-19-32-18-17-30-9-5-10-31-20-22-38(37)42(32)41(30)31/h3-26H,1-2H3. The molecule has 0 bridgehead atoms. The van der Waals surface area contributed by atoms with Crippen molar-refractivity contribution in [2.75, 3.05) is 0 Å². The third-order valence-corrected chi connectivity index (χ3v) is 10.5. The van der Waals surface area contributed by atoms with Crippen LogP contribution < -0.4 is 0 Å². The van der Waals surface area contributed by atoms with E-state index in [9.17, 15) is 0 Å². The van der Waals surface area contributed by atoms with Gasteiger partial charge in [0.2, 0.25) is 0 Å². The second-order valence-corrected chi connectivity index (χ2v) is 13.4. The van der Waals surface area contributed by atoms with Crippen LogP contribution in [0, 0.1) is 0 Å². The van der Waals surface area contributed by atoms with Gasteiger partial charge in [-0.25, -0.2) is 0 Å². The molecule has 7 aromatic carbocycles. The van der Waals surface area contributed by atoms with E-state index in [4.69, 9.17) is 9.97 Å². The molecule has 220 valence electrons. The van der Waals surface area contributed by atoms with Crippen molar-refractivity contribution < 1.29 is 0 Å². The highest BCUT2D eigenvalue weighted by molar-refractivity contribution is 6.25. The van der Waals surface area contributed by atoms with Crippen LogP contribution >= 0.6 is 0 Å². The monoisotopic (exact) mass is 598 g/mol. The van der Waals surface area contributed by atoms with Crippen LogP contribution in [0.1, 0.15) is 25.0 Å². The molecule has 0 atom stereocenters. The van der Waals surface area contributed by atoms with Crippen LogP contribution in [0.3, 0.4) is 0 Å². The lowest BCUT2D eigenvalue weighted by Gasteiger charge is -2.22. The Balaban J connectivity index is 1.02. The van der Waals surface area contributed by atoms with E-state index in [1.807, 2.05) is 12.4 Å². The Morgan fingerprint density at radius 3 is 1.74 bits per heavy atom. The van der Waals surface area contributed by atoms with Crippen LogP contribution in [0.2, 0.25) is 0 Å². The number of rotatable bonds is 3. The van der Waals surface area contributed by atoms with E-state index in [2.05, 4.69) is 147 Å². The summed E-state index contributed by atoms with van der Waals surface area (Å²) in [4.78, 5) is 10.1. The summed E-state index contributed by atoms with van der Waals surface area (Å²) in [6.45, 7) is 4.60. The fraction of sp³-hybridized carbons (Fsp3) is 0.0667. The highest BCUT2D eigenvalue weighted by atomic mass is 14.8. The molecule has 0 saturated heterocycles. The zero-order valence-electron chi connectivity index (χ0n) is 26.3. The molecule has 1 aliphatic carbocycles. The van der Waals surface area contributed by atoms with Gasteiger partial charge in [0.05, 0.1) is 11.4 Å². The van der Waals surface area contributed by atoms with E-state index < -0.39 is 0 Å². The zero-order valence-corrected chi connectivity index (χ0v) is 26.3. The fourth-order valence-corrected chi connectivity index (χ4v) is 8.02. The Labute approximate surface area is 273 Å². The quantitative estimate of drug-likeness (QED) is 0.189. The van der Waals surface area contributed by atoms with Gasteiger partial charge in [-0.05, 0) is 88.6 Å². The summed E-state index contributed by atoms with van der Waals surface area (Å²) in [5, 5.41) is 10.4. The third kappa shape index (κ3) is 3.79. The van der Waals surface area contributed by atoms with Gasteiger partial charge in [0.1, 0.15) is 0 Å². The molecule has 9 aromatic rings. The summed E-state index contributed by atoms with van der Waals surface area (Å²) in [6, 6.07) is 48.9. The predicted octanol–water partition coefficient (Wildman–Crippen LogP) is 11.8. The number of pyridine rings is 2. The van der Waals surface area contributed by atoms with Crippen LogP contribution in [-0.2, 0) is 5.41 Å². The first-order valence-corrected chi connectivity index (χ1v) is 16.3. The molecule has 0 spiro atoms. The molecule has 0 amide bonds. The summed E-state index contributed by atoms with van der Waals surface area (Å²) in [7, 11) is 0. The third-order valence-electron chi connectivity index (χ3n) is 10.5.